The van der Waals surface area contributed by atoms with Gasteiger partial charge in [0.25, 0.3) is 0 Å². The standard InChI is InChI=1S/C14H17F2NO2/c1-7(2)8-3-9(4-8)17-13-5-10(14(18)19)11(15)6-12(13)16/h5-9,17H,3-4H2,1-2H3,(H,18,19). The number of hydrogen-bond acceptors (Lipinski definition) is 2. The molecule has 0 aromatic heterocycles. The fourth-order valence-electron chi connectivity index (χ4n) is 2.37. The Morgan fingerprint density at radius 1 is 1.32 bits per heavy atom. The first-order valence-electron chi connectivity index (χ1n) is 6.37. The van der Waals surface area contributed by atoms with E-state index in [1.165, 1.54) is 0 Å². The van der Waals surface area contributed by atoms with Crippen LogP contribution < -0.4 is 5.32 Å². The Morgan fingerprint density at radius 2 is 1.95 bits per heavy atom. The van der Waals surface area contributed by atoms with Crippen LogP contribution in [0.3, 0.4) is 0 Å². The molecule has 1 aromatic rings. The van der Waals surface area contributed by atoms with Gasteiger partial charge in [-0.3, -0.25) is 0 Å². The zero-order valence-corrected chi connectivity index (χ0v) is 10.9. The van der Waals surface area contributed by atoms with Gasteiger partial charge in [0, 0.05) is 12.1 Å². The van der Waals surface area contributed by atoms with Crippen LogP contribution >= 0.6 is 0 Å². The van der Waals surface area contributed by atoms with Crippen molar-refractivity contribution < 1.29 is 18.7 Å². The molecule has 1 aliphatic rings. The minimum Gasteiger partial charge on any atom is -0.478 e. The average Bonchev–Trinajstić information content (AvgIpc) is 2.23. The van der Waals surface area contributed by atoms with Gasteiger partial charge in [0.2, 0.25) is 0 Å². The number of benzene rings is 1. The van der Waals surface area contributed by atoms with Crippen molar-refractivity contribution in [2.24, 2.45) is 11.8 Å². The number of carbonyl (C=O) groups is 1. The van der Waals surface area contributed by atoms with Crippen molar-refractivity contribution in [2.45, 2.75) is 32.7 Å². The molecule has 0 aliphatic heterocycles. The quantitative estimate of drug-likeness (QED) is 0.879. The highest BCUT2D eigenvalue weighted by molar-refractivity contribution is 5.89. The second kappa shape index (κ2) is 5.15. The van der Waals surface area contributed by atoms with Crippen molar-refractivity contribution in [1.29, 1.82) is 0 Å². The van der Waals surface area contributed by atoms with Crippen LogP contribution in [0.2, 0.25) is 0 Å². The Hall–Kier alpha value is -1.65. The number of hydrogen-bond donors (Lipinski definition) is 2. The van der Waals surface area contributed by atoms with E-state index in [1.54, 1.807) is 0 Å². The molecule has 1 saturated carbocycles. The zero-order valence-electron chi connectivity index (χ0n) is 10.9. The minimum atomic E-state index is -1.39. The number of carboxylic acid groups (broad SMARTS) is 1. The van der Waals surface area contributed by atoms with E-state index in [1.807, 2.05) is 0 Å². The SMILES string of the molecule is CC(C)C1CC(Nc2cc(C(=O)O)c(F)cc2F)C1. The van der Waals surface area contributed by atoms with Crippen molar-refractivity contribution in [3.05, 3.63) is 29.3 Å². The fourth-order valence-corrected chi connectivity index (χ4v) is 2.37. The summed E-state index contributed by atoms with van der Waals surface area (Å²) >= 11 is 0. The number of aromatic carboxylic acids is 1. The highest BCUT2D eigenvalue weighted by atomic mass is 19.1. The van der Waals surface area contributed by atoms with Gasteiger partial charge < -0.3 is 10.4 Å². The number of halogens is 2. The highest BCUT2D eigenvalue weighted by Gasteiger charge is 2.31. The lowest BCUT2D eigenvalue weighted by Crippen LogP contribution is -2.38. The lowest BCUT2D eigenvalue weighted by atomic mass is 9.73. The number of rotatable bonds is 4. The van der Waals surface area contributed by atoms with Gasteiger partial charge in [-0.05, 0) is 30.7 Å². The van der Waals surface area contributed by atoms with Crippen molar-refractivity contribution >= 4 is 11.7 Å². The van der Waals surface area contributed by atoms with E-state index in [-0.39, 0.29) is 11.7 Å². The Bertz CT molecular complexity index is 496. The summed E-state index contributed by atoms with van der Waals surface area (Å²) in [6, 6.07) is 1.77. The van der Waals surface area contributed by atoms with Crippen LogP contribution in [0.15, 0.2) is 12.1 Å². The number of carboxylic acids is 1. The molecule has 0 unspecified atom stereocenters. The topological polar surface area (TPSA) is 49.3 Å². The van der Waals surface area contributed by atoms with E-state index in [4.69, 9.17) is 5.11 Å². The van der Waals surface area contributed by atoms with Crippen LogP contribution in [0, 0.1) is 23.5 Å². The largest absolute Gasteiger partial charge is 0.478 e. The van der Waals surface area contributed by atoms with Crippen molar-refractivity contribution in [3.8, 4) is 0 Å². The lowest BCUT2D eigenvalue weighted by molar-refractivity contribution is 0.0692. The van der Waals surface area contributed by atoms with Crippen LogP contribution in [0.5, 0.6) is 0 Å². The predicted molar refractivity (Wildman–Crippen MR) is 68.3 cm³/mol. The normalized spacial score (nSPS) is 22.2. The van der Waals surface area contributed by atoms with Gasteiger partial charge in [-0.25, -0.2) is 13.6 Å². The summed E-state index contributed by atoms with van der Waals surface area (Å²) in [4.78, 5) is 10.8. The summed E-state index contributed by atoms with van der Waals surface area (Å²) in [6.45, 7) is 4.28. The van der Waals surface area contributed by atoms with Gasteiger partial charge in [0.1, 0.15) is 11.6 Å². The molecule has 2 N–H and O–H groups in total. The molecule has 0 spiro atoms. The van der Waals surface area contributed by atoms with Gasteiger partial charge in [-0.1, -0.05) is 13.8 Å². The van der Waals surface area contributed by atoms with Crippen molar-refractivity contribution in [2.75, 3.05) is 5.32 Å². The summed E-state index contributed by atoms with van der Waals surface area (Å²) in [5.41, 5.74) is -0.449. The molecule has 2 rings (SSSR count). The van der Waals surface area contributed by atoms with Gasteiger partial charge in [0.15, 0.2) is 0 Å². The molecule has 0 atom stereocenters. The van der Waals surface area contributed by atoms with Gasteiger partial charge in [-0.15, -0.1) is 0 Å². The molecule has 0 amide bonds. The van der Waals surface area contributed by atoms with E-state index in [9.17, 15) is 13.6 Å². The van der Waals surface area contributed by atoms with E-state index < -0.39 is 23.2 Å². The molecule has 1 aliphatic carbocycles. The first kappa shape index (κ1) is 13.8. The molecular formula is C14H17F2NO2. The average molecular weight is 269 g/mol. The minimum absolute atomic E-state index is 0.0611. The van der Waals surface area contributed by atoms with Crippen LogP contribution in [0.25, 0.3) is 0 Å². The Morgan fingerprint density at radius 3 is 2.47 bits per heavy atom. The zero-order chi connectivity index (χ0) is 14.2. The highest BCUT2D eigenvalue weighted by Crippen LogP contribution is 2.36. The van der Waals surface area contributed by atoms with Crippen molar-refractivity contribution in [1.82, 2.24) is 0 Å². The first-order valence-corrected chi connectivity index (χ1v) is 6.37. The van der Waals surface area contributed by atoms with Crippen LogP contribution in [0.4, 0.5) is 14.5 Å². The molecular weight excluding hydrogens is 252 g/mol. The summed E-state index contributed by atoms with van der Waals surface area (Å²) in [5.74, 6) is -2.00. The van der Waals surface area contributed by atoms with Gasteiger partial charge >= 0.3 is 5.97 Å². The smallest absolute Gasteiger partial charge is 0.338 e. The van der Waals surface area contributed by atoms with Crippen LogP contribution in [0.1, 0.15) is 37.0 Å². The maximum Gasteiger partial charge on any atom is 0.338 e. The van der Waals surface area contributed by atoms with Crippen LogP contribution in [-0.4, -0.2) is 17.1 Å². The van der Waals surface area contributed by atoms with Gasteiger partial charge in [-0.2, -0.15) is 0 Å². The van der Waals surface area contributed by atoms with Crippen LogP contribution in [-0.2, 0) is 0 Å². The third-order valence-corrected chi connectivity index (χ3v) is 3.76. The molecule has 0 bridgehead atoms. The molecule has 0 heterocycles. The van der Waals surface area contributed by atoms with Crippen molar-refractivity contribution in [3.63, 3.8) is 0 Å². The Balaban J connectivity index is 2.09. The molecule has 104 valence electrons. The third kappa shape index (κ3) is 2.85. The molecule has 1 fully saturated rings. The summed E-state index contributed by atoms with van der Waals surface area (Å²) in [7, 11) is 0. The molecule has 1 aromatic carbocycles. The summed E-state index contributed by atoms with van der Waals surface area (Å²) in [5, 5.41) is 11.8. The second-order valence-corrected chi connectivity index (χ2v) is 5.43. The monoisotopic (exact) mass is 269 g/mol. The van der Waals surface area contributed by atoms with E-state index in [0.29, 0.717) is 17.9 Å². The second-order valence-electron chi connectivity index (χ2n) is 5.43. The number of nitrogens with one attached hydrogen (secondary N) is 1. The predicted octanol–water partition coefficient (Wildman–Crippen LogP) is 3.51. The van der Waals surface area contributed by atoms with Gasteiger partial charge in [0.05, 0.1) is 11.3 Å². The molecule has 5 heteroatoms. The fraction of sp³-hybridized carbons (Fsp3) is 0.500. The summed E-state index contributed by atoms with van der Waals surface area (Å²) in [6.07, 6.45) is 1.85. The van der Waals surface area contributed by atoms with E-state index in [0.717, 1.165) is 18.9 Å². The van der Waals surface area contributed by atoms with E-state index >= 15 is 0 Å². The molecule has 3 nitrogen and oxygen atoms in total. The third-order valence-electron chi connectivity index (χ3n) is 3.76. The maximum atomic E-state index is 13.6. The van der Waals surface area contributed by atoms with E-state index in [2.05, 4.69) is 19.2 Å². The molecule has 0 radical (unpaired) electrons. The Labute approximate surface area is 110 Å². The Kier molecular flexibility index (Phi) is 3.73. The molecule has 0 saturated heterocycles. The molecule has 19 heavy (non-hydrogen) atoms. The first-order chi connectivity index (χ1) is 8.88. The maximum absolute atomic E-state index is 13.6. The summed E-state index contributed by atoms with van der Waals surface area (Å²) < 4.78 is 26.8. The number of anilines is 1. The lowest BCUT2D eigenvalue weighted by Gasteiger charge is -2.39.